The number of carbonyl (C=O) groups excluding carboxylic acids is 2. The molecule has 2 rings (SSSR count). The van der Waals surface area contributed by atoms with Crippen molar-refractivity contribution in [3.63, 3.8) is 0 Å². The minimum atomic E-state index is -0.716. The highest BCUT2D eigenvalue weighted by Crippen LogP contribution is 2.32. The molecule has 0 spiro atoms. The molecule has 1 heterocycles. The van der Waals surface area contributed by atoms with Gasteiger partial charge < -0.3 is 10.2 Å². The van der Waals surface area contributed by atoms with Crippen LogP contribution in [0.15, 0.2) is 24.8 Å². The van der Waals surface area contributed by atoms with Crippen LogP contribution in [0.25, 0.3) is 0 Å². The van der Waals surface area contributed by atoms with Gasteiger partial charge in [0.1, 0.15) is 5.82 Å². The van der Waals surface area contributed by atoms with Gasteiger partial charge in [-0.2, -0.15) is 0 Å². The molecule has 0 fully saturated rings. The van der Waals surface area contributed by atoms with Gasteiger partial charge in [-0.25, -0.2) is 4.39 Å². The Morgan fingerprint density at radius 2 is 2.11 bits per heavy atom. The zero-order chi connectivity index (χ0) is 14.2. The average molecular weight is 262 g/mol. The molecule has 100 valence electrons. The number of rotatable bonds is 4. The fourth-order valence-corrected chi connectivity index (χ4v) is 2.10. The Morgan fingerprint density at radius 3 is 2.68 bits per heavy atom. The van der Waals surface area contributed by atoms with Crippen molar-refractivity contribution in [1.29, 1.82) is 0 Å². The van der Waals surface area contributed by atoms with E-state index in [9.17, 15) is 14.0 Å². The first-order valence-electron chi connectivity index (χ1n) is 6.02. The number of nitrogens with one attached hydrogen (secondary N) is 1. The fraction of sp³-hybridized carbons (Fsp3) is 0.286. The van der Waals surface area contributed by atoms with Crippen LogP contribution in [-0.4, -0.2) is 24.3 Å². The van der Waals surface area contributed by atoms with Gasteiger partial charge in [0.05, 0.1) is 16.9 Å². The quantitative estimate of drug-likeness (QED) is 0.669. The number of benzene rings is 1. The summed E-state index contributed by atoms with van der Waals surface area (Å²) in [5.41, 5.74) is 0.804. The minimum Gasteiger partial charge on any atom is -0.363 e. The predicted molar refractivity (Wildman–Crippen MR) is 72.0 cm³/mol. The lowest BCUT2D eigenvalue weighted by molar-refractivity contribution is -0.112. The van der Waals surface area contributed by atoms with Gasteiger partial charge in [-0.1, -0.05) is 6.08 Å². The van der Waals surface area contributed by atoms with Gasteiger partial charge in [0.15, 0.2) is 0 Å². The Bertz CT molecular complexity index is 567. The van der Waals surface area contributed by atoms with E-state index in [0.717, 1.165) is 6.07 Å². The number of hydrogen-bond acceptors (Lipinski definition) is 3. The molecule has 1 aliphatic rings. The fourth-order valence-electron chi connectivity index (χ4n) is 2.10. The van der Waals surface area contributed by atoms with Crippen LogP contribution < -0.4 is 10.2 Å². The molecule has 0 saturated carbocycles. The summed E-state index contributed by atoms with van der Waals surface area (Å²) in [4.78, 5) is 24.6. The lowest BCUT2D eigenvalue weighted by Gasteiger charge is -2.28. The first-order valence-corrected chi connectivity index (χ1v) is 6.02. The Labute approximate surface area is 110 Å². The number of hydrogen-bond donors (Lipinski definition) is 1. The summed E-state index contributed by atoms with van der Waals surface area (Å²) < 4.78 is 14.1. The summed E-state index contributed by atoms with van der Waals surface area (Å²) in [5.74, 6) is -1.93. The Morgan fingerprint density at radius 1 is 1.42 bits per heavy atom. The molecular weight excluding hydrogens is 247 g/mol. The van der Waals surface area contributed by atoms with Crippen LogP contribution in [0.2, 0.25) is 0 Å². The third-order valence-corrected chi connectivity index (χ3v) is 3.04. The molecular formula is C14H15FN2O2. The molecule has 0 radical (unpaired) electrons. The molecule has 5 heteroatoms. The van der Waals surface area contributed by atoms with E-state index in [2.05, 4.69) is 11.9 Å². The minimum absolute atomic E-state index is 0.0679. The average Bonchev–Trinajstić information content (AvgIpc) is 2.62. The van der Waals surface area contributed by atoms with Gasteiger partial charge >= 0.3 is 0 Å². The third-order valence-electron chi connectivity index (χ3n) is 3.04. The SMILES string of the molecule is C=CCN(c1cc2c(cc1F)C(=O)C(=O)N2)C(C)C. The van der Waals surface area contributed by atoms with Crippen molar-refractivity contribution < 1.29 is 14.0 Å². The first kappa shape index (κ1) is 13.3. The number of amides is 1. The molecule has 19 heavy (non-hydrogen) atoms. The van der Waals surface area contributed by atoms with Crippen LogP contribution in [0.3, 0.4) is 0 Å². The summed E-state index contributed by atoms with van der Waals surface area (Å²) >= 11 is 0. The van der Waals surface area contributed by atoms with Gasteiger partial charge in [0, 0.05) is 12.6 Å². The Hall–Kier alpha value is -2.17. The number of anilines is 2. The standard InChI is InChI=1S/C14H15FN2O2/c1-4-5-17(8(2)3)12-7-11-9(6-10(12)15)13(18)14(19)16-11/h4,6-8H,1,5H2,2-3H3,(H,16,18,19). The summed E-state index contributed by atoms with van der Waals surface area (Å²) in [6, 6.07) is 2.68. The van der Waals surface area contributed by atoms with Crippen LogP contribution in [0.1, 0.15) is 24.2 Å². The van der Waals surface area contributed by atoms with Crippen molar-refractivity contribution in [2.75, 3.05) is 16.8 Å². The first-order chi connectivity index (χ1) is 8.95. The molecule has 1 N–H and O–H groups in total. The van der Waals surface area contributed by atoms with Crippen LogP contribution in [0.5, 0.6) is 0 Å². The van der Waals surface area contributed by atoms with E-state index >= 15 is 0 Å². The second-order valence-corrected chi connectivity index (χ2v) is 4.67. The monoisotopic (exact) mass is 262 g/mol. The van der Waals surface area contributed by atoms with Crippen molar-refractivity contribution in [2.45, 2.75) is 19.9 Å². The lowest BCUT2D eigenvalue weighted by atomic mass is 10.1. The highest BCUT2D eigenvalue weighted by Gasteiger charge is 2.30. The third kappa shape index (κ3) is 2.23. The highest BCUT2D eigenvalue weighted by molar-refractivity contribution is 6.51. The van der Waals surface area contributed by atoms with Gasteiger partial charge in [0.25, 0.3) is 11.7 Å². The number of halogens is 1. The van der Waals surface area contributed by atoms with Crippen LogP contribution in [0, 0.1) is 5.82 Å². The summed E-state index contributed by atoms with van der Waals surface area (Å²) in [5, 5.41) is 2.44. The molecule has 0 saturated heterocycles. The van der Waals surface area contributed by atoms with E-state index in [1.165, 1.54) is 6.07 Å². The maximum absolute atomic E-state index is 14.1. The van der Waals surface area contributed by atoms with Crippen LogP contribution >= 0.6 is 0 Å². The molecule has 1 aromatic carbocycles. The van der Waals surface area contributed by atoms with Gasteiger partial charge in [0.2, 0.25) is 0 Å². The molecule has 1 aliphatic heterocycles. The van der Waals surface area contributed by atoms with E-state index in [-0.39, 0.29) is 11.6 Å². The highest BCUT2D eigenvalue weighted by atomic mass is 19.1. The smallest absolute Gasteiger partial charge is 0.296 e. The second-order valence-electron chi connectivity index (χ2n) is 4.67. The maximum Gasteiger partial charge on any atom is 0.296 e. The number of fused-ring (bicyclic) bond motifs is 1. The zero-order valence-electron chi connectivity index (χ0n) is 10.9. The lowest BCUT2D eigenvalue weighted by Crippen LogP contribution is -2.31. The zero-order valence-corrected chi connectivity index (χ0v) is 10.9. The maximum atomic E-state index is 14.1. The largest absolute Gasteiger partial charge is 0.363 e. The molecule has 0 aromatic heterocycles. The molecule has 0 atom stereocenters. The normalized spacial score (nSPS) is 13.5. The van der Waals surface area contributed by atoms with Crippen molar-refractivity contribution in [2.24, 2.45) is 0 Å². The molecule has 1 amide bonds. The van der Waals surface area contributed by atoms with E-state index in [1.807, 2.05) is 13.8 Å². The van der Waals surface area contributed by atoms with Gasteiger partial charge in [-0.3, -0.25) is 9.59 Å². The van der Waals surface area contributed by atoms with E-state index in [4.69, 9.17) is 0 Å². The van der Waals surface area contributed by atoms with Crippen LogP contribution in [-0.2, 0) is 4.79 Å². The Kier molecular flexibility index (Phi) is 3.38. The summed E-state index contributed by atoms with van der Waals surface area (Å²) in [6.07, 6.45) is 1.68. The van der Waals surface area contributed by atoms with Gasteiger partial charge in [-0.15, -0.1) is 6.58 Å². The van der Waals surface area contributed by atoms with Crippen LogP contribution in [0.4, 0.5) is 15.8 Å². The van der Waals surface area contributed by atoms with Crippen molar-refractivity contribution >= 4 is 23.1 Å². The van der Waals surface area contributed by atoms with Gasteiger partial charge in [-0.05, 0) is 26.0 Å². The molecule has 1 aromatic rings. The van der Waals surface area contributed by atoms with E-state index < -0.39 is 17.5 Å². The van der Waals surface area contributed by atoms with E-state index in [1.54, 1.807) is 11.0 Å². The topological polar surface area (TPSA) is 49.4 Å². The van der Waals surface area contributed by atoms with Crippen molar-refractivity contribution in [1.82, 2.24) is 0 Å². The molecule has 0 bridgehead atoms. The Balaban J connectivity index is 2.49. The second kappa shape index (κ2) is 4.84. The molecule has 0 aliphatic carbocycles. The van der Waals surface area contributed by atoms with Crippen molar-refractivity contribution in [3.8, 4) is 0 Å². The van der Waals surface area contributed by atoms with Crippen molar-refractivity contribution in [3.05, 3.63) is 36.2 Å². The number of Topliss-reactive ketones (excluding diaryl/α,β-unsaturated/α-hetero) is 1. The number of nitrogens with zero attached hydrogens (tertiary/aromatic N) is 1. The molecule has 4 nitrogen and oxygen atoms in total. The number of carbonyl (C=O) groups is 2. The summed E-state index contributed by atoms with van der Waals surface area (Å²) in [6.45, 7) is 7.99. The predicted octanol–water partition coefficient (Wildman–Crippen LogP) is 2.36. The van der Waals surface area contributed by atoms with E-state index in [0.29, 0.717) is 17.9 Å². The summed E-state index contributed by atoms with van der Waals surface area (Å²) in [7, 11) is 0. The molecule has 0 unspecified atom stereocenters. The number of ketones is 1.